The molecule has 1 aliphatic rings. The maximum absolute atomic E-state index is 12.0. The van der Waals surface area contributed by atoms with Crippen LogP contribution < -0.4 is 10.6 Å². The van der Waals surface area contributed by atoms with Crippen LogP contribution in [-0.4, -0.2) is 24.4 Å². The third-order valence-electron chi connectivity index (χ3n) is 4.37. The van der Waals surface area contributed by atoms with Crippen LogP contribution in [0.5, 0.6) is 0 Å². The molecule has 1 aliphatic carbocycles. The van der Waals surface area contributed by atoms with Crippen molar-refractivity contribution in [3.05, 3.63) is 59.2 Å². The highest BCUT2D eigenvalue weighted by Crippen LogP contribution is 2.24. The maximum atomic E-state index is 12.0. The lowest BCUT2D eigenvalue weighted by Crippen LogP contribution is -2.21. The number of fused-ring (bicyclic) bond motifs is 1. The van der Waals surface area contributed by atoms with Gasteiger partial charge in [-0.2, -0.15) is 0 Å². The Bertz CT molecular complexity index is 859. The van der Waals surface area contributed by atoms with E-state index >= 15 is 0 Å². The van der Waals surface area contributed by atoms with Crippen LogP contribution in [0.2, 0.25) is 0 Å². The minimum Gasteiger partial charge on any atom is -0.455 e. The quantitative estimate of drug-likeness (QED) is 0.770. The standard InChI is InChI=1S/C21H22N2O4/c1-14(24)22-18-8-5-15(6-9-18)11-21(26)27-13-20(25)23-19-10-7-16-3-2-4-17(16)12-19/h5-10,12H,2-4,11,13H2,1H3,(H,22,24)(H,23,25). The molecule has 2 aromatic rings. The fourth-order valence-corrected chi connectivity index (χ4v) is 3.12. The molecule has 0 aromatic heterocycles. The van der Waals surface area contributed by atoms with E-state index in [2.05, 4.69) is 10.6 Å². The van der Waals surface area contributed by atoms with Crippen LogP contribution in [0.3, 0.4) is 0 Å². The number of nitrogens with one attached hydrogen (secondary N) is 2. The van der Waals surface area contributed by atoms with Crippen molar-refractivity contribution in [1.82, 2.24) is 0 Å². The van der Waals surface area contributed by atoms with Crippen molar-refractivity contribution in [2.75, 3.05) is 17.2 Å². The Kier molecular flexibility index (Phi) is 5.86. The molecular weight excluding hydrogens is 344 g/mol. The van der Waals surface area contributed by atoms with E-state index in [1.165, 1.54) is 18.1 Å². The number of esters is 1. The number of amides is 2. The van der Waals surface area contributed by atoms with Gasteiger partial charge in [0, 0.05) is 18.3 Å². The highest BCUT2D eigenvalue weighted by Gasteiger charge is 2.13. The summed E-state index contributed by atoms with van der Waals surface area (Å²) in [6.07, 6.45) is 3.34. The second kappa shape index (κ2) is 8.49. The monoisotopic (exact) mass is 366 g/mol. The van der Waals surface area contributed by atoms with E-state index in [-0.39, 0.29) is 24.8 Å². The molecule has 140 valence electrons. The number of aryl methyl sites for hydroxylation is 2. The first-order valence-corrected chi connectivity index (χ1v) is 8.93. The summed E-state index contributed by atoms with van der Waals surface area (Å²) in [5.41, 5.74) is 4.74. The van der Waals surface area contributed by atoms with Crippen LogP contribution in [-0.2, 0) is 38.4 Å². The normalized spacial score (nSPS) is 12.2. The summed E-state index contributed by atoms with van der Waals surface area (Å²) in [7, 11) is 0. The summed E-state index contributed by atoms with van der Waals surface area (Å²) in [4.78, 5) is 34.9. The summed E-state index contributed by atoms with van der Waals surface area (Å²) in [6.45, 7) is 1.11. The number of hydrogen-bond acceptors (Lipinski definition) is 4. The number of benzene rings is 2. The Labute approximate surface area is 157 Å². The Balaban J connectivity index is 1.44. The molecule has 6 nitrogen and oxygen atoms in total. The molecule has 2 amide bonds. The summed E-state index contributed by atoms with van der Waals surface area (Å²) >= 11 is 0. The lowest BCUT2D eigenvalue weighted by atomic mass is 10.1. The number of hydrogen-bond donors (Lipinski definition) is 2. The first-order chi connectivity index (χ1) is 13.0. The Morgan fingerprint density at radius 1 is 0.926 bits per heavy atom. The molecule has 0 unspecified atom stereocenters. The molecule has 0 saturated heterocycles. The van der Waals surface area contributed by atoms with Gasteiger partial charge in [0.25, 0.3) is 5.91 Å². The van der Waals surface area contributed by atoms with E-state index in [0.717, 1.165) is 30.5 Å². The highest BCUT2D eigenvalue weighted by atomic mass is 16.5. The molecule has 6 heteroatoms. The third kappa shape index (κ3) is 5.41. The van der Waals surface area contributed by atoms with Crippen LogP contribution in [0.4, 0.5) is 11.4 Å². The molecule has 0 heterocycles. The average Bonchev–Trinajstić information content (AvgIpc) is 3.09. The fourth-order valence-electron chi connectivity index (χ4n) is 3.12. The van der Waals surface area contributed by atoms with Gasteiger partial charge in [-0.25, -0.2) is 0 Å². The molecule has 0 fully saturated rings. The van der Waals surface area contributed by atoms with Gasteiger partial charge >= 0.3 is 5.97 Å². The lowest BCUT2D eigenvalue weighted by Gasteiger charge is -2.09. The van der Waals surface area contributed by atoms with Crippen molar-refractivity contribution >= 4 is 29.2 Å². The Morgan fingerprint density at radius 3 is 2.37 bits per heavy atom. The molecular formula is C21H22N2O4. The van der Waals surface area contributed by atoms with Crippen molar-refractivity contribution < 1.29 is 19.1 Å². The number of ether oxygens (including phenoxy) is 1. The zero-order chi connectivity index (χ0) is 19.2. The van der Waals surface area contributed by atoms with E-state index in [0.29, 0.717) is 5.69 Å². The third-order valence-corrected chi connectivity index (χ3v) is 4.37. The van der Waals surface area contributed by atoms with Gasteiger partial charge in [0.05, 0.1) is 6.42 Å². The van der Waals surface area contributed by atoms with Crippen LogP contribution >= 0.6 is 0 Å². The van der Waals surface area contributed by atoms with Crippen LogP contribution in [0, 0.1) is 0 Å². The van der Waals surface area contributed by atoms with Gasteiger partial charge in [0.2, 0.25) is 5.91 Å². The van der Waals surface area contributed by atoms with E-state index in [4.69, 9.17) is 4.74 Å². The molecule has 2 aromatic carbocycles. The van der Waals surface area contributed by atoms with E-state index < -0.39 is 5.97 Å². The van der Waals surface area contributed by atoms with Crippen molar-refractivity contribution in [3.8, 4) is 0 Å². The van der Waals surface area contributed by atoms with Crippen LogP contribution in [0.15, 0.2) is 42.5 Å². The number of carbonyl (C=O) groups excluding carboxylic acids is 3. The van der Waals surface area contributed by atoms with Crippen LogP contribution in [0.1, 0.15) is 30.0 Å². The minimum atomic E-state index is -0.480. The number of carbonyl (C=O) groups is 3. The number of rotatable bonds is 6. The molecule has 0 radical (unpaired) electrons. The van der Waals surface area contributed by atoms with Crippen molar-refractivity contribution in [2.24, 2.45) is 0 Å². The van der Waals surface area contributed by atoms with Gasteiger partial charge in [-0.15, -0.1) is 0 Å². The van der Waals surface area contributed by atoms with Gasteiger partial charge in [0.15, 0.2) is 6.61 Å². The molecule has 0 aliphatic heterocycles. The van der Waals surface area contributed by atoms with Crippen molar-refractivity contribution in [3.63, 3.8) is 0 Å². The Morgan fingerprint density at radius 2 is 1.63 bits per heavy atom. The predicted molar refractivity (Wildman–Crippen MR) is 103 cm³/mol. The van der Waals surface area contributed by atoms with E-state index in [1.807, 2.05) is 18.2 Å². The largest absolute Gasteiger partial charge is 0.455 e. The van der Waals surface area contributed by atoms with Gasteiger partial charge in [-0.05, 0) is 60.2 Å². The first kappa shape index (κ1) is 18.6. The summed E-state index contributed by atoms with van der Waals surface area (Å²) < 4.78 is 5.05. The molecule has 0 bridgehead atoms. The zero-order valence-electron chi connectivity index (χ0n) is 15.2. The molecule has 0 atom stereocenters. The van der Waals surface area contributed by atoms with Gasteiger partial charge < -0.3 is 15.4 Å². The fraction of sp³-hybridized carbons (Fsp3) is 0.286. The predicted octanol–water partition coefficient (Wildman–Crippen LogP) is 2.86. The number of anilines is 2. The maximum Gasteiger partial charge on any atom is 0.310 e. The first-order valence-electron chi connectivity index (χ1n) is 8.93. The van der Waals surface area contributed by atoms with Crippen LogP contribution in [0.25, 0.3) is 0 Å². The smallest absolute Gasteiger partial charge is 0.310 e. The van der Waals surface area contributed by atoms with Gasteiger partial charge in [0.1, 0.15) is 0 Å². The summed E-state index contributed by atoms with van der Waals surface area (Å²) in [6, 6.07) is 12.8. The van der Waals surface area contributed by atoms with E-state index in [9.17, 15) is 14.4 Å². The summed E-state index contributed by atoms with van der Waals surface area (Å²) in [5.74, 6) is -0.995. The summed E-state index contributed by atoms with van der Waals surface area (Å²) in [5, 5.41) is 5.42. The molecule has 0 spiro atoms. The van der Waals surface area contributed by atoms with Gasteiger partial charge in [-0.1, -0.05) is 18.2 Å². The zero-order valence-corrected chi connectivity index (χ0v) is 15.2. The second-order valence-corrected chi connectivity index (χ2v) is 6.60. The highest BCUT2D eigenvalue weighted by molar-refractivity contribution is 5.93. The lowest BCUT2D eigenvalue weighted by molar-refractivity contribution is -0.146. The Hall–Kier alpha value is -3.15. The molecule has 2 N–H and O–H groups in total. The molecule has 0 saturated carbocycles. The van der Waals surface area contributed by atoms with E-state index in [1.54, 1.807) is 24.3 Å². The molecule has 3 rings (SSSR count). The average molecular weight is 366 g/mol. The SMILES string of the molecule is CC(=O)Nc1ccc(CC(=O)OCC(=O)Nc2ccc3c(c2)CCC3)cc1. The minimum absolute atomic E-state index is 0.0620. The molecule has 27 heavy (non-hydrogen) atoms. The van der Waals surface area contributed by atoms with Crippen molar-refractivity contribution in [2.45, 2.75) is 32.6 Å². The van der Waals surface area contributed by atoms with Gasteiger partial charge in [-0.3, -0.25) is 14.4 Å². The topological polar surface area (TPSA) is 84.5 Å². The van der Waals surface area contributed by atoms with Crippen molar-refractivity contribution in [1.29, 1.82) is 0 Å². The second-order valence-electron chi connectivity index (χ2n) is 6.60.